The van der Waals surface area contributed by atoms with Gasteiger partial charge in [-0.2, -0.15) is 22.0 Å². The van der Waals surface area contributed by atoms with Gasteiger partial charge >= 0.3 is 12.1 Å². The Kier molecular flexibility index (Phi) is 11.8. The van der Waals surface area contributed by atoms with Crippen LogP contribution in [0.5, 0.6) is 0 Å². The number of alkyl halides is 5. The standard InChI is InChI=1S/C32H31ClF5N3O4/c1-19(2)26(28(43)32(37,38)30(45)39-18-31(34,35)36)41-29(44)27(21-12-7-4-8-13-21)40-25(42)17-24(20-10-5-3-6-11-20)22-14-9-15-23(33)16-22/h3-16,19,24,26-27H,17-18H2,1-2H3,(H,39,45)(H,40,42)(H,41,44). The number of Topliss-reactive ketones (excluding diaryl/α,β-unsaturated/α-hetero) is 1. The number of halogens is 6. The van der Waals surface area contributed by atoms with Gasteiger partial charge in [0.1, 0.15) is 12.6 Å². The SMILES string of the molecule is CC(C)C(NC(=O)C(NC(=O)CC(c1ccccc1)c1cccc(Cl)c1)c1ccccc1)C(=O)C(F)(F)C(=O)NCC(F)(F)F. The summed E-state index contributed by atoms with van der Waals surface area (Å²) in [7, 11) is 0. The Hall–Kier alpha value is -4.32. The van der Waals surface area contributed by atoms with Crippen molar-refractivity contribution in [2.75, 3.05) is 6.54 Å². The molecular formula is C32H31ClF5N3O4. The predicted octanol–water partition coefficient (Wildman–Crippen LogP) is 5.74. The first-order valence-corrected chi connectivity index (χ1v) is 14.2. The maximum Gasteiger partial charge on any atom is 0.405 e. The molecule has 0 saturated carbocycles. The highest BCUT2D eigenvalue weighted by Crippen LogP contribution is 2.30. The van der Waals surface area contributed by atoms with E-state index in [0.717, 1.165) is 16.4 Å². The van der Waals surface area contributed by atoms with Gasteiger partial charge in [-0.05, 0) is 34.7 Å². The third-order valence-corrected chi connectivity index (χ3v) is 7.07. The fraction of sp³-hybridized carbons (Fsp3) is 0.312. The van der Waals surface area contributed by atoms with Crippen LogP contribution < -0.4 is 16.0 Å². The Morgan fingerprint density at radius 2 is 1.31 bits per heavy atom. The molecule has 3 rings (SSSR count). The van der Waals surface area contributed by atoms with Crippen LogP contribution in [-0.4, -0.2) is 48.2 Å². The number of carbonyl (C=O) groups is 4. The van der Waals surface area contributed by atoms with Gasteiger partial charge < -0.3 is 16.0 Å². The highest BCUT2D eigenvalue weighted by Gasteiger charge is 2.52. The second-order valence-electron chi connectivity index (χ2n) is 10.6. The maximum atomic E-state index is 14.7. The first-order valence-electron chi connectivity index (χ1n) is 13.8. The van der Waals surface area contributed by atoms with Crippen LogP contribution in [0, 0.1) is 5.92 Å². The molecule has 0 aliphatic heterocycles. The van der Waals surface area contributed by atoms with Crippen molar-refractivity contribution in [3.8, 4) is 0 Å². The van der Waals surface area contributed by atoms with Gasteiger partial charge in [0.2, 0.25) is 17.6 Å². The van der Waals surface area contributed by atoms with Crippen LogP contribution in [-0.2, 0) is 19.2 Å². The number of hydrogen-bond acceptors (Lipinski definition) is 4. The molecule has 0 spiro atoms. The summed E-state index contributed by atoms with van der Waals surface area (Å²) in [6.45, 7) is 0.533. The summed E-state index contributed by atoms with van der Waals surface area (Å²) in [5.74, 6) is -12.6. The summed E-state index contributed by atoms with van der Waals surface area (Å²) >= 11 is 6.20. The Bertz CT molecular complexity index is 1490. The van der Waals surface area contributed by atoms with E-state index < -0.39 is 66.1 Å². The van der Waals surface area contributed by atoms with Crippen molar-refractivity contribution < 1.29 is 41.1 Å². The van der Waals surface area contributed by atoms with E-state index >= 15 is 0 Å². The number of hydrogen-bond donors (Lipinski definition) is 3. The number of carbonyl (C=O) groups excluding carboxylic acids is 4. The summed E-state index contributed by atoms with van der Waals surface area (Å²) < 4.78 is 66.8. The molecule has 3 amide bonds. The fourth-order valence-corrected chi connectivity index (χ4v) is 4.76. The molecule has 3 N–H and O–H groups in total. The van der Waals surface area contributed by atoms with Crippen LogP contribution >= 0.6 is 11.6 Å². The van der Waals surface area contributed by atoms with Crippen molar-refractivity contribution in [2.45, 2.75) is 50.4 Å². The van der Waals surface area contributed by atoms with Crippen LogP contribution in [0.25, 0.3) is 0 Å². The maximum absolute atomic E-state index is 14.7. The molecule has 0 fully saturated rings. The van der Waals surface area contributed by atoms with Gasteiger partial charge in [0.15, 0.2) is 0 Å². The van der Waals surface area contributed by atoms with Crippen molar-refractivity contribution in [1.82, 2.24) is 16.0 Å². The minimum atomic E-state index is -4.99. The van der Waals surface area contributed by atoms with Gasteiger partial charge in [0.05, 0.1) is 6.04 Å². The molecule has 3 aromatic carbocycles. The van der Waals surface area contributed by atoms with Gasteiger partial charge in [-0.15, -0.1) is 0 Å². The summed E-state index contributed by atoms with van der Waals surface area (Å²) in [5, 5.41) is 6.24. The van der Waals surface area contributed by atoms with Gasteiger partial charge in [-0.1, -0.05) is 98.2 Å². The van der Waals surface area contributed by atoms with Crippen molar-refractivity contribution in [1.29, 1.82) is 0 Å². The Balaban J connectivity index is 1.86. The van der Waals surface area contributed by atoms with Crippen LogP contribution in [0.2, 0.25) is 5.02 Å². The molecule has 240 valence electrons. The van der Waals surface area contributed by atoms with Gasteiger partial charge in [0, 0.05) is 17.4 Å². The molecule has 45 heavy (non-hydrogen) atoms. The molecule has 0 saturated heterocycles. The summed E-state index contributed by atoms with van der Waals surface area (Å²) in [5.41, 5.74) is 1.76. The first kappa shape index (κ1) is 35.2. The minimum Gasteiger partial charge on any atom is -0.344 e. The second kappa shape index (κ2) is 15.1. The predicted molar refractivity (Wildman–Crippen MR) is 157 cm³/mol. The molecule has 0 aliphatic rings. The minimum absolute atomic E-state index is 0.148. The Labute approximate surface area is 261 Å². The molecular weight excluding hydrogens is 621 g/mol. The molecule has 0 aliphatic carbocycles. The summed E-state index contributed by atoms with van der Waals surface area (Å²) in [4.78, 5) is 51.6. The van der Waals surface area contributed by atoms with Gasteiger partial charge in [0.25, 0.3) is 5.91 Å². The molecule has 13 heteroatoms. The number of amides is 3. The molecule has 3 unspecified atom stereocenters. The van der Waals surface area contributed by atoms with E-state index in [1.807, 2.05) is 18.2 Å². The lowest BCUT2D eigenvalue weighted by Gasteiger charge is -2.28. The number of nitrogens with one attached hydrogen (secondary N) is 3. The van der Waals surface area contributed by atoms with Crippen LogP contribution in [0.15, 0.2) is 84.9 Å². The highest BCUT2D eigenvalue weighted by atomic mass is 35.5. The van der Waals surface area contributed by atoms with Crippen LogP contribution in [0.1, 0.15) is 48.9 Å². The number of benzene rings is 3. The van der Waals surface area contributed by atoms with Crippen molar-refractivity contribution in [3.05, 3.63) is 107 Å². The topological polar surface area (TPSA) is 104 Å². The molecule has 3 atom stereocenters. The average molecular weight is 652 g/mol. The van der Waals surface area contributed by atoms with Crippen molar-refractivity contribution in [3.63, 3.8) is 0 Å². The highest BCUT2D eigenvalue weighted by molar-refractivity contribution is 6.30. The largest absolute Gasteiger partial charge is 0.405 e. The van der Waals surface area contributed by atoms with Crippen molar-refractivity contribution in [2.24, 2.45) is 5.92 Å². The van der Waals surface area contributed by atoms with E-state index in [2.05, 4.69) is 10.6 Å². The normalized spacial score (nSPS) is 13.8. The zero-order valence-corrected chi connectivity index (χ0v) is 25.0. The van der Waals surface area contributed by atoms with E-state index in [1.165, 1.54) is 26.0 Å². The summed E-state index contributed by atoms with van der Waals surface area (Å²) in [6.07, 6.45) is -5.14. The lowest BCUT2D eigenvalue weighted by molar-refractivity contribution is -0.165. The van der Waals surface area contributed by atoms with E-state index in [0.29, 0.717) is 5.02 Å². The molecule has 0 aromatic heterocycles. The fourth-order valence-electron chi connectivity index (χ4n) is 4.56. The molecule has 3 aromatic rings. The molecule has 0 radical (unpaired) electrons. The number of ketones is 1. The molecule has 0 heterocycles. The zero-order valence-electron chi connectivity index (χ0n) is 24.2. The van der Waals surface area contributed by atoms with Gasteiger partial charge in [-0.3, -0.25) is 19.2 Å². The van der Waals surface area contributed by atoms with Crippen LogP contribution in [0.3, 0.4) is 0 Å². The Morgan fingerprint density at radius 3 is 1.84 bits per heavy atom. The lowest BCUT2D eigenvalue weighted by Crippen LogP contribution is -2.58. The molecule has 7 nitrogen and oxygen atoms in total. The molecule has 0 bridgehead atoms. The monoisotopic (exact) mass is 651 g/mol. The summed E-state index contributed by atoms with van der Waals surface area (Å²) in [6, 6.07) is 20.3. The van der Waals surface area contributed by atoms with Crippen molar-refractivity contribution >= 4 is 35.1 Å². The second-order valence-corrected chi connectivity index (χ2v) is 11.0. The van der Waals surface area contributed by atoms with Crippen LogP contribution in [0.4, 0.5) is 22.0 Å². The van der Waals surface area contributed by atoms with E-state index in [1.54, 1.807) is 54.6 Å². The lowest BCUT2D eigenvalue weighted by atomic mass is 9.88. The van der Waals surface area contributed by atoms with E-state index in [-0.39, 0.29) is 12.0 Å². The Morgan fingerprint density at radius 1 is 0.756 bits per heavy atom. The van der Waals surface area contributed by atoms with Gasteiger partial charge in [-0.25, -0.2) is 0 Å². The quantitative estimate of drug-likeness (QED) is 0.162. The van der Waals surface area contributed by atoms with E-state index in [4.69, 9.17) is 11.6 Å². The number of rotatable bonds is 13. The van der Waals surface area contributed by atoms with E-state index in [9.17, 15) is 41.1 Å². The zero-order chi connectivity index (χ0) is 33.4. The first-order chi connectivity index (χ1) is 21.1. The average Bonchev–Trinajstić information content (AvgIpc) is 2.99. The smallest absolute Gasteiger partial charge is 0.344 e. The third kappa shape index (κ3) is 9.84. The third-order valence-electron chi connectivity index (χ3n) is 6.83.